The summed E-state index contributed by atoms with van der Waals surface area (Å²) in [5.41, 5.74) is 3.10. The third-order valence-corrected chi connectivity index (χ3v) is 4.93. The second kappa shape index (κ2) is 7.53. The average molecular weight is 368 g/mol. The Labute approximate surface area is 163 Å². The maximum Gasteiger partial charge on any atom is 0.309 e. The fourth-order valence-electron chi connectivity index (χ4n) is 3.78. The van der Waals surface area contributed by atoms with Gasteiger partial charge in [0.15, 0.2) is 0 Å². The topological polar surface area (TPSA) is 55.1 Å². The molecule has 0 radical (unpaired) electrons. The van der Waals surface area contributed by atoms with Crippen molar-refractivity contribution in [2.75, 3.05) is 0 Å². The summed E-state index contributed by atoms with van der Waals surface area (Å²) >= 11 is 0. The first-order chi connectivity index (χ1) is 13.7. The van der Waals surface area contributed by atoms with Gasteiger partial charge in [0.05, 0.1) is 18.4 Å². The van der Waals surface area contributed by atoms with Crippen molar-refractivity contribution in [3.63, 3.8) is 0 Å². The van der Waals surface area contributed by atoms with Crippen LogP contribution in [0, 0.1) is 0 Å². The normalized spacial score (nSPS) is 11.3. The molecular formula is C24H20N2O2. The molecule has 0 saturated heterocycles. The highest BCUT2D eigenvalue weighted by molar-refractivity contribution is 5.69. The fraction of sp³-hybridized carbons (Fsp3) is 0.0833. The standard InChI is InChI=1S/C24H20N2O2/c27-23(28)16-22-17-26(18-25-22)24(19-10-4-1-5-11-19,20-12-6-2-7-13-20)21-14-8-3-9-15-21/h1-15,17-18H,16H2,(H,27,28). The van der Waals surface area contributed by atoms with Crippen LogP contribution in [0.5, 0.6) is 0 Å². The minimum absolute atomic E-state index is 0.110. The minimum Gasteiger partial charge on any atom is -0.481 e. The molecule has 4 nitrogen and oxygen atoms in total. The van der Waals surface area contributed by atoms with Gasteiger partial charge in [-0.05, 0) is 16.7 Å². The molecule has 0 aliphatic heterocycles. The van der Waals surface area contributed by atoms with E-state index in [2.05, 4.69) is 41.4 Å². The van der Waals surface area contributed by atoms with E-state index in [1.807, 2.05) is 65.4 Å². The van der Waals surface area contributed by atoms with E-state index < -0.39 is 11.5 Å². The summed E-state index contributed by atoms with van der Waals surface area (Å²) in [6.45, 7) is 0. The smallest absolute Gasteiger partial charge is 0.309 e. The van der Waals surface area contributed by atoms with E-state index in [1.165, 1.54) is 0 Å². The van der Waals surface area contributed by atoms with Crippen molar-refractivity contribution in [3.05, 3.63) is 126 Å². The number of benzene rings is 3. The number of hydrogen-bond acceptors (Lipinski definition) is 2. The summed E-state index contributed by atoms with van der Waals surface area (Å²) in [4.78, 5) is 15.6. The van der Waals surface area contributed by atoms with E-state index in [0.717, 1.165) is 16.7 Å². The van der Waals surface area contributed by atoms with E-state index in [9.17, 15) is 9.90 Å². The third kappa shape index (κ3) is 3.09. The van der Waals surface area contributed by atoms with Crippen LogP contribution in [-0.2, 0) is 16.8 Å². The molecule has 1 heterocycles. The van der Waals surface area contributed by atoms with E-state index in [0.29, 0.717) is 5.69 Å². The molecule has 138 valence electrons. The van der Waals surface area contributed by atoms with Crippen LogP contribution < -0.4 is 0 Å². The van der Waals surface area contributed by atoms with Crippen molar-refractivity contribution in [2.24, 2.45) is 0 Å². The van der Waals surface area contributed by atoms with Crippen molar-refractivity contribution >= 4 is 5.97 Å². The lowest BCUT2D eigenvalue weighted by Crippen LogP contribution is -2.36. The summed E-state index contributed by atoms with van der Waals surface area (Å²) in [6, 6.07) is 30.7. The number of carbonyl (C=O) groups is 1. The Morgan fingerprint density at radius 2 is 1.21 bits per heavy atom. The van der Waals surface area contributed by atoms with Gasteiger partial charge in [0.25, 0.3) is 0 Å². The number of aromatic nitrogens is 2. The number of hydrogen-bond donors (Lipinski definition) is 1. The van der Waals surface area contributed by atoms with Crippen LogP contribution >= 0.6 is 0 Å². The maximum absolute atomic E-state index is 11.2. The molecule has 4 aromatic rings. The number of carboxylic acids is 1. The Balaban J connectivity index is 2.04. The molecule has 4 heteroatoms. The first-order valence-electron chi connectivity index (χ1n) is 9.13. The molecular weight excluding hydrogens is 348 g/mol. The first kappa shape index (κ1) is 17.7. The van der Waals surface area contributed by atoms with E-state index in [4.69, 9.17) is 0 Å². The summed E-state index contributed by atoms with van der Waals surface area (Å²) < 4.78 is 2.02. The van der Waals surface area contributed by atoms with Crippen LogP contribution in [0.25, 0.3) is 0 Å². The molecule has 0 aliphatic rings. The quantitative estimate of drug-likeness (QED) is 0.515. The maximum atomic E-state index is 11.2. The largest absolute Gasteiger partial charge is 0.481 e. The predicted octanol–water partition coefficient (Wildman–Crippen LogP) is 4.35. The summed E-state index contributed by atoms with van der Waals surface area (Å²) in [5, 5.41) is 9.18. The molecule has 0 spiro atoms. The van der Waals surface area contributed by atoms with Gasteiger partial charge in [-0.2, -0.15) is 0 Å². The predicted molar refractivity (Wildman–Crippen MR) is 108 cm³/mol. The summed E-state index contributed by atoms with van der Waals surface area (Å²) in [7, 11) is 0. The van der Waals surface area contributed by atoms with Crippen molar-refractivity contribution < 1.29 is 9.90 Å². The second-order valence-corrected chi connectivity index (χ2v) is 6.65. The third-order valence-electron chi connectivity index (χ3n) is 4.93. The zero-order valence-corrected chi connectivity index (χ0v) is 15.3. The molecule has 1 aromatic heterocycles. The molecule has 0 unspecified atom stereocenters. The molecule has 0 bridgehead atoms. The molecule has 28 heavy (non-hydrogen) atoms. The van der Waals surface area contributed by atoms with Gasteiger partial charge in [-0.1, -0.05) is 91.0 Å². The Hall–Kier alpha value is -3.66. The first-order valence-corrected chi connectivity index (χ1v) is 9.13. The van der Waals surface area contributed by atoms with Gasteiger partial charge in [-0.15, -0.1) is 0 Å². The van der Waals surface area contributed by atoms with Gasteiger partial charge in [-0.25, -0.2) is 4.98 Å². The average Bonchev–Trinajstić information content (AvgIpc) is 3.19. The summed E-state index contributed by atoms with van der Waals surface area (Å²) in [6.07, 6.45) is 3.45. The van der Waals surface area contributed by atoms with E-state index in [-0.39, 0.29) is 6.42 Å². The van der Waals surface area contributed by atoms with Crippen molar-refractivity contribution in [3.8, 4) is 0 Å². The number of imidazole rings is 1. The number of carboxylic acid groups (broad SMARTS) is 1. The van der Waals surface area contributed by atoms with Gasteiger partial charge in [-0.3, -0.25) is 4.79 Å². The minimum atomic E-state index is -0.894. The lowest BCUT2D eigenvalue weighted by atomic mass is 9.77. The monoisotopic (exact) mass is 368 g/mol. The van der Waals surface area contributed by atoms with Crippen LogP contribution in [0.3, 0.4) is 0 Å². The number of rotatable bonds is 6. The van der Waals surface area contributed by atoms with Crippen molar-refractivity contribution in [1.29, 1.82) is 0 Å². The van der Waals surface area contributed by atoms with Gasteiger partial charge >= 0.3 is 5.97 Å². The van der Waals surface area contributed by atoms with Crippen molar-refractivity contribution in [1.82, 2.24) is 9.55 Å². The lowest BCUT2D eigenvalue weighted by molar-refractivity contribution is -0.136. The van der Waals surface area contributed by atoms with Crippen LogP contribution in [0.2, 0.25) is 0 Å². The van der Waals surface area contributed by atoms with E-state index >= 15 is 0 Å². The Kier molecular flexibility index (Phi) is 4.77. The molecule has 1 N–H and O–H groups in total. The number of nitrogens with zero attached hydrogens (tertiary/aromatic N) is 2. The Morgan fingerprint density at radius 1 is 0.786 bits per heavy atom. The highest BCUT2D eigenvalue weighted by atomic mass is 16.4. The van der Waals surface area contributed by atoms with Gasteiger partial charge in [0.2, 0.25) is 0 Å². The molecule has 0 amide bonds. The zero-order chi connectivity index (χ0) is 19.4. The van der Waals surface area contributed by atoms with Gasteiger partial charge in [0, 0.05) is 6.20 Å². The van der Waals surface area contributed by atoms with E-state index in [1.54, 1.807) is 6.33 Å². The molecule has 0 atom stereocenters. The molecule has 4 rings (SSSR count). The highest BCUT2D eigenvalue weighted by Crippen LogP contribution is 2.40. The van der Waals surface area contributed by atoms with Crippen LogP contribution in [0.4, 0.5) is 0 Å². The molecule has 0 aliphatic carbocycles. The van der Waals surface area contributed by atoms with Crippen molar-refractivity contribution in [2.45, 2.75) is 12.0 Å². The molecule has 3 aromatic carbocycles. The fourth-order valence-corrected chi connectivity index (χ4v) is 3.78. The SMILES string of the molecule is O=C(O)Cc1cn(C(c2ccccc2)(c2ccccc2)c2ccccc2)cn1. The van der Waals surface area contributed by atoms with Crippen LogP contribution in [-0.4, -0.2) is 20.6 Å². The Morgan fingerprint density at radius 3 is 1.61 bits per heavy atom. The molecule has 0 fully saturated rings. The van der Waals surface area contributed by atoms with Crippen LogP contribution in [0.15, 0.2) is 104 Å². The second-order valence-electron chi connectivity index (χ2n) is 6.65. The zero-order valence-electron chi connectivity index (χ0n) is 15.3. The number of aliphatic carboxylic acids is 1. The van der Waals surface area contributed by atoms with Crippen LogP contribution in [0.1, 0.15) is 22.4 Å². The summed E-state index contributed by atoms with van der Waals surface area (Å²) in [5.74, 6) is -0.894. The highest BCUT2D eigenvalue weighted by Gasteiger charge is 2.38. The molecule has 0 saturated carbocycles. The lowest BCUT2D eigenvalue weighted by Gasteiger charge is -2.37. The van der Waals surface area contributed by atoms with Gasteiger partial charge < -0.3 is 9.67 Å². The van der Waals surface area contributed by atoms with Gasteiger partial charge in [0.1, 0.15) is 5.54 Å². The Bertz CT molecular complexity index is 961.